The molecule has 0 saturated heterocycles. The first kappa shape index (κ1) is 14.2. The fourth-order valence-electron chi connectivity index (χ4n) is 1.94. The van der Waals surface area contributed by atoms with E-state index < -0.39 is 17.1 Å². The zero-order valence-electron chi connectivity index (χ0n) is 11.9. The molecule has 0 heterocycles. The average molecular weight is 274 g/mol. The number of carbonyl (C=O) groups excluding carboxylic acids is 1. The number of phenols is 1. The quantitative estimate of drug-likeness (QED) is 0.811. The third-order valence-electron chi connectivity index (χ3n) is 3.15. The van der Waals surface area contributed by atoms with Gasteiger partial charge in [-0.1, -0.05) is 6.07 Å². The van der Waals surface area contributed by atoms with Crippen molar-refractivity contribution in [3.05, 3.63) is 23.8 Å². The predicted molar refractivity (Wildman–Crippen MR) is 74.5 cm³/mol. The molecule has 5 heteroatoms. The molecular formula is C15H18N2O3. The number of nitrogens with one attached hydrogen (secondary N) is 1. The monoisotopic (exact) mass is 274 g/mol. The average Bonchev–Trinajstić information content (AvgIpc) is 3.10. The minimum atomic E-state index is -0.633. The third-order valence-corrected chi connectivity index (χ3v) is 3.15. The van der Waals surface area contributed by atoms with Crippen molar-refractivity contribution >= 4 is 11.8 Å². The second-order valence-electron chi connectivity index (χ2n) is 6.05. The fraction of sp³-hybridized carbons (Fsp3) is 0.467. The Morgan fingerprint density at radius 2 is 2.10 bits per heavy atom. The van der Waals surface area contributed by atoms with E-state index in [2.05, 4.69) is 11.4 Å². The molecule has 0 radical (unpaired) electrons. The van der Waals surface area contributed by atoms with Gasteiger partial charge >= 0.3 is 6.09 Å². The van der Waals surface area contributed by atoms with Gasteiger partial charge in [0.1, 0.15) is 11.4 Å². The highest BCUT2D eigenvalue weighted by Gasteiger charge is 2.45. The van der Waals surface area contributed by atoms with Crippen LogP contribution < -0.4 is 5.32 Å². The molecule has 1 aromatic carbocycles. The minimum Gasteiger partial charge on any atom is -0.506 e. The molecule has 0 aliphatic heterocycles. The van der Waals surface area contributed by atoms with E-state index in [0.29, 0.717) is 0 Å². The van der Waals surface area contributed by atoms with Crippen molar-refractivity contribution < 1.29 is 14.6 Å². The molecule has 1 aromatic rings. The Bertz CT molecular complexity index is 578. The molecule has 1 amide bonds. The van der Waals surface area contributed by atoms with Crippen molar-refractivity contribution in [1.29, 1.82) is 5.26 Å². The summed E-state index contributed by atoms with van der Waals surface area (Å²) in [6.07, 6.45) is 0.979. The first-order valence-corrected chi connectivity index (χ1v) is 6.50. The van der Waals surface area contributed by atoms with Crippen LogP contribution in [0.2, 0.25) is 0 Å². The summed E-state index contributed by atoms with van der Waals surface area (Å²) >= 11 is 0. The van der Waals surface area contributed by atoms with E-state index >= 15 is 0 Å². The maximum absolute atomic E-state index is 11.7. The molecule has 1 aliphatic rings. The molecule has 5 nitrogen and oxygen atoms in total. The number of hydrogen-bond acceptors (Lipinski definition) is 4. The molecule has 2 rings (SSSR count). The standard InChI is InChI=1S/C15H18N2O3/c1-14(2,3)20-13(19)17-11-8-10(4-5-12(11)18)15(9-16)6-7-15/h4-5,8,18H,6-7H2,1-3H3,(H,17,19). The van der Waals surface area contributed by atoms with Gasteiger partial charge in [-0.25, -0.2) is 4.79 Å². The molecule has 0 aromatic heterocycles. The van der Waals surface area contributed by atoms with Crippen LogP contribution in [0.4, 0.5) is 10.5 Å². The first-order chi connectivity index (χ1) is 9.26. The third kappa shape index (κ3) is 3.02. The Kier molecular flexibility index (Phi) is 3.34. The van der Waals surface area contributed by atoms with E-state index in [1.807, 2.05) is 0 Å². The number of nitriles is 1. The van der Waals surface area contributed by atoms with Gasteiger partial charge in [0.25, 0.3) is 0 Å². The zero-order chi connectivity index (χ0) is 15.0. The summed E-state index contributed by atoms with van der Waals surface area (Å²) < 4.78 is 5.14. The van der Waals surface area contributed by atoms with Crippen LogP contribution in [0.5, 0.6) is 5.75 Å². The largest absolute Gasteiger partial charge is 0.506 e. The van der Waals surface area contributed by atoms with Gasteiger partial charge in [0.05, 0.1) is 17.2 Å². The lowest BCUT2D eigenvalue weighted by Gasteiger charge is -2.20. The Morgan fingerprint density at radius 1 is 1.45 bits per heavy atom. The lowest BCUT2D eigenvalue weighted by atomic mass is 9.97. The van der Waals surface area contributed by atoms with E-state index in [4.69, 9.17) is 4.74 Å². The van der Waals surface area contributed by atoms with Crippen LogP contribution in [0, 0.1) is 11.3 Å². The van der Waals surface area contributed by atoms with Gasteiger partial charge in [-0.15, -0.1) is 0 Å². The van der Waals surface area contributed by atoms with Crippen LogP contribution >= 0.6 is 0 Å². The highest BCUT2D eigenvalue weighted by atomic mass is 16.6. The maximum atomic E-state index is 11.7. The van der Waals surface area contributed by atoms with Crippen molar-refractivity contribution in [2.75, 3.05) is 5.32 Å². The lowest BCUT2D eigenvalue weighted by molar-refractivity contribution is 0.0635. The molecule has 1 saturated carbocycles. The molecule has 0 unspecified atom stereocenters. The van der Waals surface area contributed by atoms with Crippen molar-refractivity contribution in [3.63, 3.8) is 0 Å². The highest BCUT2D eigenvalue weighted by Crippen LogP contribution is 2.48. The second kappa shape index (κ2) is 4.71. The summed E-state index contributed by atoms with van der Waals surface area (Å²) in [5.74, 6) is -0.0478. The molecule has 0 atom stereocenters. The summed E-state index contributed by atoms with van der Waals surface area (Å²) in [6.45, 7) is 5.28. The summed E-state index contributed by atoms with van der Waals surface area (Å²) in [4.78, 5) is 11.7. The first-order valence-electron chi connectivity index (χ1n) is 6.50. The topological polar surface area (TPSA) is 82.3 Å². The van der Waals surface area contributed by atoms with Gasteiger partial charge < -0.3 is 9.84 Å². The number of aromatic hydroxyl groups is 1. The van der Waals surface area contributed by atoms with Gasteiger partial charge in [-0.05, 0) is 51.3 Å². The van der Waals surface area contributed by atoms with Crippen LogP contribution in [0.3, 0.4) is 0 Å². The Morgan fingerprint density at radius 3 is 2.60 bits per heavy atom. The van der Waals surface area contributed by atoms with Crippen LogP contribution in [-0.4, -0.2) is 16.8 Å². The number of phenolic OH excluding ortho intramolecular Hbond substituents is 1. The number of ether oxygens (including phenoxy) is 1. The molecule has 20 heavy (non-hydrogen) atoms. The fourth-order valence-corrected chi connectivity index (χ4v) is 1.94. The van der Waals surface area contributed by atoms with Crippen molar-refractivity contribution in [3.8, 4) is 11.8 Å². The Labute approximate surface area is 118 Å². The van der Waals surface area contributed by atoms with Gasteiger partial charge in [-0.2, -0.15) is 5.26 Å². The van der Waals surface area contributed by atoms with Crippen LogP contribution in [0.25, 0.3) is 0 Å². The number of carbonyl (C=O) groups is 1. The molecule has 1 aliphatic carbocycles. The number of benzene rings is 1. The van der Waals surface area contributed by atoms with Crippen molar-refractivity contribution in [2.45, 2.75) is 44.6 Å². The Balaban J connectivity index is 2.18. The van der Waals surface area contributed by atoms with Gasteiger partial charge in [-0.3, -0.25) is 5.32 Å². The van der Waals surface area contributed by atoms with Gasteiger partial charge in [0.15, 0.2) is 0 Å². The number of rotatable bonds is 2. The number of amides is 1. The molecule has 0 bridgehead atoms. The van der Waals surface area contributed by atoms with E-state index in [1.54, 1.807) is 32.9 Å². The number of hydrogen-bond donors (Lipinski definition) is 2. The summed E-state index contributed by atoms with van der Waals surface area (Å²) in [6, 6.07) is 7.12. The van der Waals surface area contributed by atoms with Crippen molar-refractivity contribution in [2.24, 2.45) is 0 Å². The zero-order valence-corrected chi connectivity index (χ0v) is 11.9. The molecule has 2 N–H and O–H groups in total. The predicted octanol–water partition coefficient (Wildman–Crippen LogP) is 3.29. The van der Waals surface area contributed by atoms with Crippen LogP contribution in [-0.2, 0) is 10.2 Å². The van der Waals surface area contributed by atoms with E-state index in [1.165, 1.54) is 6.07 Å². The summed E-state index contributed by atoms with van der Waals surface area (Å²) in [5, 5.41) is 21.5. The molecule has 0 spiro atoms. The smallest absolute Gasteiger partial charge is 0.412 e. The van der Waals surface area contributed by atoms with Gasteiger partial charge in [0, 0.05) is 0 Å². The summed E-state index contributed by atoms with van der Waals surface area (Å²) in [7, 11) is 0. The van der Waals surface area contributed by atoms with Crippen LogP contribution in [0.1, 0.15) is 39.2 Å². The van der Waals surface area contributed by atoms with E-state index in [9.17, 15) is 15.2 Å². The van der Waals surface area contributed by atoms with E-state index in [0.717, 1.165) is 18.4 Å². The number of nitrogens with zero attached hydrogens (tertiary/aromatic N) is 1. The normalized spacial score (nSPS) is 16.1. The summed E-state index contributed by atoms with van der Waals surface area (Å²) in [5.41, 5.74) is 0.00172. The molecule has 106 valence electrons. The second-order valence-corrected chi connectivity index (χ2v) is 6.05. The lowest BCUT2D eigenvalue weighted by Crippen LogP contribution is -2.27. The van der Waals surface area contributed by atoms with Gasteiger partial charge in [0.2, 0.25) is 0 Å². The van der Waals surface area contributed by atoms with E-state index in [-0.39, 0.29) is 11.4 Å². The highest BCUT2D eigenvalue weighted by molar-refractivity contribution is 5.87. The SMILES string of the molecule is CC(C)(C)OC(=O)Nc1cc(C2(C#N)CC2)ccc1O. The van der Waals surface area contributed by atoms with Crippen LogP contribution in [0.15, 0.2) is 18.2 Å². The van der Waals surface area contributed by atoms with Crippen molar-refractivity contribution in [1.82, 2.24) is 0 Å². The minimum absolute atomic E-state index is 0.0478. The Hall–Kier alpha value is -2.22. The molecular weight excluding hydrogens is 256 g/mol. The number of anilines is 1. The molecule has 1 fully saturated rings. The maximum Gasteiger partial charge on any atom is 0.412 e.